The van der Waals surface area contributed by atoms with Crippen molar-refractivity contribution in [1.29, 1.82) is 0 Å². The zero-order valence-electron chi connectivity index (χ0n) is 16.1. The highest BCUT2D eigenvalue weighted by Crippen LogP contribution is 2.38. The fraction of sp³-hybridized carbons (Fsp3) is 0.0952. The first-order valence-corrected chi connectivity index (χ1v) is 10.4. The molecule has 4 aromatic rings. The van der Waals surface area contributed by atoms with Crippen molar-refractivity contribution in [3.8, 4) is 28.2 Å². The predicted octanol–water partition coefficient (Wildman–Crippen LogP) is 4.88. The van der Waals surface area contributed by atoms with Crippen LogP contribution in [-0.2, 0) is 23.0 Å². The fourth-order valence-corrected chi connectivity index (χ4v) is 3.62. The van der Waals surface area contributed by atoms with Crippen LogP contribution in [0.2, 0.25) is 0 Å². The van der Waals surface area contributed by atoms with E-state index in [0.717, 1.165) is 0 Å². The van der Waals surface area contributed by atoms with Gasteiger partial charge in [0, 0.05) is 18.0 Å². The van der Waals surface area contributed by atoms with Gasteiger partial charge in [0.2, 0.25) is 5.82 Å². The molecule has 4 rings (SSSR count). The van der Waals surface area contributed by atoms with Crippen LogP contribution in [0.5, 0.6) is 0 Å². The van der Waals surface area contributed by atoms with Gasteiger partial charge in [-0.15, -0.1) is 0 Å². The van der Waals surface area contributed by atoms with E-state index in [2.05, 4.69) is 15.0 Å². The van der Waals surface area contributed by atoms with Crippen molar-refractivity contribution in [2.24, 2.45) is 0 Å². The normalized spacial score (nSPS) is 12.7. The number of hydrogen-bond donors (Lipinski definition) is 1. The van der Waals surface area contributed by atoms with E-state index in [1.807, 2.05) is 0 Å². The Morgan fingerprint density at radius 3 is 2.19 bits per heavy atom. The second kappa shape index (κ2) is 8.60. The van der Waals surface area contributed by atoms with Crippen molar-refractivity contribution in [2.75, 3.05) is 0 Å². The molecule has 1 unspecified atom stereocenters. The molecule has 0 saturated heterocycles. The van der Waals surface area contributed by atoms with Crippen LogP contribution in [0.15, 0.2) is 67.3 Å². The largest absolute Gasteiger partial charge is 0.451 e. The van der Waals surface area contributed by atoms with Gasteiger partial charge in [0.1, 0.15) is 12.1 Å². The van der Waals surface area contributed by atoms with Crippen molar-refractivity contribution >= 4 is 11.1 Å². The Bertz CT molecular complexity index is 1260. The molecular weight excluding hydrogens is 448 g/mol. The monoisotopic (exact) mass is 462 g/mol. The molecule has 0 amide bonds. The van der Waals surface area contributed by atoms with Gasteiger partial charge in [-0.05, 0) is 23.3 Å². The molecular formula is C21H14F4N4O2S. The lowest BCUT2D eigenvalue weighted by Gasteiger charge is -2.17. The summed E-state index contributed by atoms with van der Waals surface area (Å²) in [5, 5.41) is 0. The molecule has 6 nitrogen and oxygen atoms in total. The minimum absolute atomic E-state index is 0.0284. The number of imidazole rings is 1. The maximum absolute atomic E-state index is 13.6. The molecule has 11 heteroatoms. The lowest BCUT2D eigenvalue weighted by molar-refractivity contribution is -0.144. The quantitative estimate of drug-likeness (QED) is 0.338. The van der Waals surface area contributed by atoms with Crippen LogP contribution < -0.4 is 0 Å². The summed E-state index contributed by atoms with van der Waals surface area (Å²) in [4.78, 5) is 11.4. The molecule has 0 fully saturated rings. The molecule has 2 heterocycles. The van der Waals surface area contributed by atoms with Crippen LogP contribution in [0.25, 0.3) is 28.2 Å². The van der Waals surface area contributed by atoms with Gasteiger partial charge in [-0.25, -0.2) is 23.6 Å². The van der Waals surface area contributed by atoms with Gasteiger partial charge in [0.05, 0.1) is 17.0 Å². The molecule has 1 N–H and O–H groups in total. The highest BCUT2D eigenvalue weighted by molar-refractivity contribution is 7.78. The van der Waals surface area contributed by atoms with Gasteiger partial charge >= 0.3 is 6.18 Å². The molecule has 0 bridgehead atoms. The number of benzene rings is 2. The van der Waals surface area contributed by atoms with Crippen LogP contribution in [0.3, 0.4) is 0 Å². The molecule has 0 saturated carbocycles. The van der Waals surface area contributed by atoms with E-state index in [0.29, 0.717) is 16.7 Å². The second-order valence-electron chi connectivity index (χ2n) is 6.73. The van der Waals surface area contributed by atoms with Crippen LogP contribution in [0, 0.1) is 5.82 Å². The maximum Gasteiger partial charge on any atom is 0.451 e. The van der Waals surface area contributed by atoms with Crippen molar-refractivity contribution in [2.45, 2.75) is 11.9 Å². The Balaban J connectivity index is 2.00. The van der Waals surface area contributed by atoms with Gasteiger partial charge < -0.3 is 4.55 Å². The standard InChI is InChI=1S/C21H14F4N4O2S/c22-16-7-5-14(6-8-16)17-18(15-3-1-13(2-4-15)11-32(30)31)27-20(21(23,24)25)28-19(17)29-10-9-26-12-29/h1-10,12H,11H2,(H,30,31). The maximum atomic E-state index is 13.6. The summed E-state index contributed by atoms with van der Waals surface area (Å²) in [5.74, 6) is -2.05. The van der Waals surface area contributed by atoms with E-state index in [4.69, 9.17) is 4.55 Å². The van der Waals surface area contributed by atoms with Gasteiger partial charge in [0.25, 0.3) is 0 Å². The fourth-order valence-electron chi connectivity index (χ4n) is 3.14. The molecule has 0 aliphatic carbocycles. The van der Waals surface area contributed by atoms with Crippen molar-refractivity contribution in [1.82, 2.24) is 19.5 Å². The highest BCUT2D eigenvalue weighted by Gasteiger charge is 2.37. The van der Waals surface area contributed by atoms with Gasteiger partial charge in [-0.2, -0.15) is 13.2 Å². The smallest absolute Gasteiger partial charge is 0.306 e. The Kier molecular flexibility index (Phi) is 5.85. The first-order valence-electron chi connectivity index (χ1n) is 9.12. The van der Waals surface area contributed by atoms with Crippen LogP contribution in [0.1, 0.15) is 11.4 Å². The van der Waals surface area contributed by atoms with Crippen molar-refractivity contribution in [3.63, 3.8) is 0 Å². The summed E-state index contributed by atoms with van der Waals surface area (Å²) in [6.45, 7) is 0. The molecule has 2 aromatic carbocycles. The molecule has 1 atom stereocenters. The summed E-state index contributed by atoms with van der Waals surface area (Å²) in [7, 11) is 0. The van der Waals surface area contributed by atoms with Crippen LogP contribution >= 0.6 is 0 Å². The topological polar surface area (TPSA) is 80.9 Å². The second-order valence-corrected chi connectivity index (χ2v) is 7.66. The molecule has 0 aliphatic heterocycles. The number of nitrogens with zero attached hydrogens (tertiary/aromatic N) is 4. The Hall–Kier alpha value is -3.44. The molecule has 0 spiro atoms. The molecule has 0 radical (unpaired) electrons. The van der Waals surface area contributed by atoms with E-state index < -0.39 is 28.9 Å². The SMILES string of the molecule is O=S(O)Cc1ccc(-c2nc(C(F)(F)F)nc(-n3ccnc3)c2-c2ccc(F)cc2)cc1. The average Bonchev–Trinajstić information content (AvgIpc) is 3.28. The third-order valence-corrected chi connectivity index (χ3v) is 5.12. The Labute approximate surface area is 181 Å². The minimum atomic E-state index is -4.82. The lowest BCUT2D eigenvalue weighted by Crippen LogP contribution is -2.15. The van der Waals surface area contributed by atoms with Crippen LogP contribution in [0.4, 0.5) is 17.6 Å². The number of rotatable bonds is 5. The number of aromatic nitrogens is 4. The predicted molar refractivity (Wildman–Crippen MR) is 109 cm³/mol. The lowest BCUT2D eigenvalue weighted by atomic mass is 9.98. The summed E-state index contributed by atoms with van der Waals surface area (Å²) in [6, 6.07) is 11.3. The third-order valence-electron chi connectivity index (χ3n) is 4.54. The zero-order valence-corrected chi connectivity index (χ0v) is 16.9. The molecule has 32 heavy (non-hydrogen) atoms. The Morgan fingerprint density at radius 1 is 0.969 bits per heavy atom. The van der Waals surface area contributed by atoms with Crippen LogP contribution in [-0.4, -0.2) is 28.3 Å². The molecule has 164 valence electrons. The van der Waals surface area contributed by atoms with E-state index in [-0.39, 0.29) is 22.8 Å². The van der Waals surface area contributed by atoms with Crippen molar-refractivity contribution < 1.29 is 26.3 Å². The van der Waals surface area contributed by atoms with E-state index >= 15 is 0 Å². The summed E-state index contributed by atoms with van der Waals surface area (Å²) >= 11 is -2.06. The van der Waals surface area contributed by atoms with Gasteiger partial charge in [-0.3, -0.25) is 4.57 Å². The van der Waals surface area contributed by atoms with Gasteiger partial charge in [-0.1, -0.05) is 36.4 Å². The average molecular weight is 462 g/mol. The third kappa shape index (κ3) is 4.58. The minimum Gasteiger partial charge on any atom is -0.306 e. The Morgan fingerprint density at radius 2 is 1.62 bits per heavy atom. The number of hydrogen-bond acceptors (Lipinski definition) is 4. The summed E-state index contributed by atoms with van der Waals surface area (Å²) in [6.07, 6.45) is -0.676. The summed E-state index contributed by atoms with van der Waals surface area (Å²) in [5.41, 5.74) is 1.47. The zero-order chi connectivity index (χ0) is 22.9. The highest BCUT2D eigenvalue weighted by atomic mass is 32.2. The van der Waals surface area contributed by atoms with E-state index in [1.54, 1.807) is 0 Å². The van der Waals surface area contributed by atoms with E-state index in [1.165, 1.54) is 71.8 Å². The number of alkyl halides is 3. The molecule has 2 aromatic heterocycles. The first kappa shape index (κ1) is 21.8. The van der Waals surface area contributed by atoms with Gasteiger partial charge in [0.15, 0.2) is 16.9 Å². The van der Waals surface area contributed by atoms with Crippen molar-refractivity contribution in [3.05, 3.63) is 84.5 Å². The molecule has 0 aliphatic rings. The first-order chi connectivity index (χ1) is 15.2. The number of halogens is 4. The van der Waals surface area contributed by atoms with E-state index in [9.17, 15) is 21.8 Å². The summed E-state index contributed by atoms with van der Waals surface area (Å²) < 4.78 is 75.9.